The number of hydrazone groups is 1. The summed E-state index contributed by atoms with van der Waals surface area (Å²) in [6.07, 6.45) is 1.67. The Morgan fingerprint density at radius 3 is 2.56 bits per heavy atom. The molecule has 5 nitrogen and oxygen atoms in total. The van der Waals surface area contributed by atoms with Crippen LogP contribution in [-0.2, 0) is 0 Å². The van der Waals surface area contributed by atoms with Gasteiger partial charge >= 0.3 is 5.97 Å². The summed E-state index contributed by atoms with van der Waals surface area (Å²) in [5.74, 6) is 0.0273. The van der Waals surface area contributed by atoms with E-state index < -0.39 is 5.97 Å². The molecule has 0 spiro atoms. The van der Waals surface area contributed by atoms with Gasteiger partial charge in [0.05, 0.1) is 17.5 Å². The van der Waals surface area contributed by atoms with Crippen LogP contribution in [0.3, 0.4) is 0 Å². The van der Waals surface area contributed by atoms with Gasteiger partial charge in [0, 0.05) is 10.4 Å². The predicted octanol–water partition coefficient (Wildman–Crippen LogP) is 4.77. The van der Waals surface area contributed by atoms with E-state index in [1.165, 1.54) is 11.3 Å². The SMILES string of the molecule is Cc1csc(N/N=C\c2ccc(OC(=O)c3ccc(Cl)cc3)cc2)n1. The number of aromatic nitrogens is 1. The number of anilines is 1. The number of hydrogen-bond acceptors (Lipinski definition) is 6. The van der Waals surface area contributed by atoms with E-state index in [1.54, 1.807) is 42.6 Å². The quantitative estimate of drug-likeness (QED) is 0.303. The number of benzene rings is 2. The highest BCUT2D eigenvalue weighted by molar-refractivity contribution is 7.13. The summed E-state index contributed by atoms with van der Waals surface area (Å²) < 4.78 is 5.32. The first-order valence-corrected chi connectivity index (χ1v) is 8.65. The number of ether oxygens (including phenoxy) is 1. The fourth-order valence-corrected chi connectivity index (χ4v) is 2.70. The first-order valence-electron chi connectivity index (χ1n) is 7.39. The summed E-state index contributed by atoms with van der Waals surface area (Å²) in [5, 5.41) is 7.38. The van der Waals surface area contributed by atoms with E-state index in [-0.39, 0.29) is 0 Å². The molecule has 3 rings (SSSR count). The van der Waals surface area contributed by atoms with Crippen LogP contribution in [0.1, 0.15) is 21.6 Å². The predicted molar refractivity (Wildman–Crippen MR) is 101 cm³/mol. The lowest BCUT2D eigenvalue weighted by atomic mass is 10.2. The second kappa shape index (κ2) is 7.92. The summed E-state index contributed by atoms with van der Waals surface area (Å²) in [6, 6.07) is 13.6. The molecular formula is C18H14ClN3O2S. The van der Waals surface area contributed by atoms with Gasteiger partial charge in [-0.05, 0) is 61.0 Å². The van der Waals surface area contributed by atoms with E-state index in [0.29, 0.717) is 16.3 Å². The van der Waals surface area contributed by atoms with Crippen LogP contribution in [0, 0.1) is 6.92 Å². The molecule has 0 amide bonds. The van der Waals surface area contributed by atoms with Crippen molar-refractivity contribution >= 4 is 40.3 Å². The second-order valence-corrected chi connectivity index (χ2v) is 6.42. The summed E-state index contributed by atoms with van der Waals surface area (Å²) in [4.78, 5) is 16.3. The molecule has 0 aliphatic heterocycles. The number of esters is 1. The third kappa shape index (κ3) is 4.89. The molecular weight excluding hydrogens is 358 g/mol. The van der Waals surface area contributed by atoms with Gasteiger partial charge in [0.25, 0.3) is 0 Å². The number of carbonyl (C=O) groups excluding carboxylic acids is 1. The largest absolute Gasteiger partial charge is 0.423 e. The fraction of sp³-hybridized carbons (Fsp3) is 0.0556. The van der Waals surface area contributed by atoms with Gasteiger partial charge in [0.1, 0.15) is 5.75 Å². The van der Waals surface area contributed by atoms with Crippen molar-refractivity contribution in [2.75, 3.05) is 5.43 Å². The number of hydrogen-bond donors (Lipinski definition) is 1. The summed E-state index contributed by atoms with van der Waals surface area (Å²) in [5.41, 5.74) is 5.13. The van der Waals surface area contributed by atoms with Gasteiger partial charge in [0.15, 0.2) is 0 Å². The molecule has 0 saturated carbocycles. The van der Waals surface area contributed by atoms with Crippen molar-refractivity contribution in [2.24, 2.45) is 5.10 Å². The molecule has 0 aliphatic carbocycles. The lowest BCUT2D eigenvalue weighted by Gasteiger charge is -2.04. The van der Waals surface area contributed by atoms with Gasteiger partial charge in [-0.15, -0.1) is 11.3 Å². The molecule has 0 radical (unpaired) electrons. The average molecular weight is 372 g/mol. The third-order valence-corrected chi connectivity index (χ3v) is 4.28. The van der Waals surface area contributed by atoms with Crippen LogP contribution < -0.4 is 10.2 Å². The summed E-state index contributed by atoms with van der Waals surface area (Å²) in [7, 11) is 0. The lowest BCUT2D eigenvalue weighted by molar-refractivity contribution is 0.0735. The molecule has 0 fully saturated rings. The van der Waals surface area contributed by atoms with Crippen LogP contribution in [0.4, 0.5) is 5.13 Å². The Morgan fingerprint density at radius 2 is 1.92 bits per heavy atom. The van der Waals surface area contributed by atoms with Crippen molar-refractivity contribution in [3.05, 3.63) is 75.8 Å². The highest BCUT2D eigenvalue weighted by Crippen LogP contribution is 2.16. The van der Waals surface area contributed by atoms with Gasteiger partial charge in [0.2, 0.25) is 5.13 Å². The smallest absolute Gasteiger partial charge is 0.343 e. The van der Waals surface area contributed by atoms with Crippen LogP contribution >= 0.6 is 22.9 Å². The molecule has 1 heterocycles. The average Bonchev–Trinajstić information content (AvgIpc) is 3.02. The molecule has 1 N–H and O–H groups in total. The molecule has 0 aliphatic rings. The number of aryl methyl sites for hydroxylation is 1. The van der Waals surface area contributed by atoms with Gasteiger partial charge in [-0.2, -0.15) is 5.10 Å². The fourth-order valence-electron chi connectivity index (χ4n) is 1.94. The van der Waals surface area contributed by atoms with E-state index in [4.69, 9.17) is 16.3 Å². The van der Waals surface area contributed by atoms with Crippen LogP contribution in [0.25, 0.3) is 0 Å². The van der Waals surface area contributed by atoms with E-state index in [0.717, 1.165) is 16.4 Å². The number of nitrogens with one attached hydrogen (secondary N) is 1. The third-order valence-electron chi connectivity index (χ3n) is 3.16. The lowest BCUT2D eigenvalue weighted by Crippen LogP contribution is -2.08. The van der Waals surface area contributed by atoms with Crippen LogP contribution in [0.5, 0.6) is 5.75 Å². The number of halogens is 1. The maximum absolute atomic E-state index is 12.0. The maximum Gasteiger partial charge on any atom is 0.343 e. The Morgan fingerprint density at radius 1 is 1.20 bits per heavy atom. The molecule has 2 aromatic carbocycles. The van der Waals surface area contributed by atoms with Crippen molar-refractivity contribution < 1.29 is 9.53 Å². The second-order valence-electron chi connectivity index (χ2n) is 5.13. The highest BCUT2D eigenvalue weighted by atomic mass is 35.5. The Bertz CT molecular complexity index is 889. The van der Waals surface area contributed by atoms with Crippen molar-refractivity contribution in [2.45, 2.75) is 6.92 Å². The highest BCUT2D eigenvalue weighted by Gasteiger charge is 2.08. The molecule has 7 heteroatoms. The zero-order valence-corrected chi connectivity index (χ0v) is 14.8. The molecule has 25 heavy (non-hydrogen) atoms. The molecule has 0 bridgehead atoms. The van der Waals surface area contributed by atoms with Gasteiger partial charge < -0.3 is 4.74 Å². The van der Waals surface area contributed by atoms with Crippen molar-refractivity contribution in [1.82, 2.24) is 4.98 Å². The minimum Gasteiger partial charge on any atom is -0.423 e. The standard InChI is InChI=1S/C18H14ClN3O2S/c1-12-11-25-18(21-12)22-20-10-13-2-8-16(9-3-13)24-17(23)14-4-6-15(19)7-5-14/h2-11H,1H3,(H,21,22)/b20-10-. The normalized spacial score (nSPS) is 10.8. The van der Waals surface area contributed by atoms with E-state index in [2.05, 4.69) is 15.5 Å². The number of thiazole rings is 1. The van der Waals surface area contributed by atoms with Crippen molar-refractivity contribution in [3.8, 4) is 5.75 Å². The van der Waals surface area contributed by atoms with Crippen LogP contribution in [0.15, 0.2) is 59.0 Å². The Labute approximate surface area is 153 Å². The zero-order valence-electron chi connectivity index (χ0n) is 13.3. The number of carbonyl (C=O) groups is 1. The van der Waals surface area contributed by atoms with Crippen molar-refractivity contribution in [1.29, 1.82) is 0 Å². The molecule has 1 aromatic heterocycles. The molecule has 126 valence electrons. The van der Waals surface area contributed by atoms with Gasteiger partial charge in [-0.3, -0.25) is 5.43 Å². The monoisotopic (exact) mass is 371 g/mol. The van der Waals surface area contributed by atoms with E-state index >= 15 is 0 Å². The Balaban J connectivity index is 1.58. The van der Waals surface area contributed by atoms with Crippen molar-refractivity contribution in [3.63, 3.8) is 0 Å². The number of rotatable bonds is 5. The maximum atomic E-state index is 12.0. The van der Waals surface area contributed by atoms with E-state index in [1.807, 2.05) is 24.4 Å². The molecule has 3 aromatic rings. The summed E-state index contributed by atoms with van der Waals surface area (Å²) >= 11 is 7.29. The Kier molecular flexibility index (Phi) is 5.42. The van der Waals surface area contributed by atoms with Gasteiger partial charge in [-0.25, -0.2) is 9.78 Å². The molecule has 0 atom stereocenters. The topological polar surface area (TPSA) is 63.6 Å². The zero-order chi connectivity index (χ0) is 17.6. The first-order chi connectivity index (χ1) is 12.1. The van der Waals surface area contributed by atoms with Crippen LogP contribution in [-0.4, -0.2) is 17.2 Å². The first kappa shape index (κ1) is 17.1. The Hall–Kier alpha value is -2.70. The molecule has 0 unspecified atom stereocenters. The minimum atomic E-state index is -0.432. The van der Waals surface area contributed by atoms with Crippen LogP contribution in [0.2, 0.25) is 5.02 Å². The molecule has 0 saturated heterocycles. The van der Waals surface area contributed by atoms with Gasteiger partial charge in [-0.1, -0.05) is 11.6 Å². The number of nitrogens with zero attached hydrogens (tertiary/aromatic N) is 2. The van der Waals surface area contributed by atoms with E-state index in [9.17, 15) is 4.79 Å². The minimum absolute atomic E-state index is 0.432. The summed E-state index contributed by atoms with van der Waals surface area (Å²) in [6.45, 7) is 1.93.